The molecule has 0 saturated heterocycles. The van der Waals surface area contributed by atoms with E-state index in [-0.39, 0.29) is 11.3 Å². The maximum Gasteiger partial charge on any atom is 0.331 e. The first-order valence-electron chi connectivity index (χ1n) is 10.9. The summed E-state index contributed by atoms with van der Waals surface area (Å²) in [7, 11) is 3.18. The number of fused-ring (bicyclic) bond motifs is 3. The summed E-state index contributed by atoms with van der Waals surface area (Å²) < 4.78 is 11.1. The van der Waals surface area contributed by atoms with Gasteiger partial charge in [0.15, 0.2) is 0 Å². The molecule has 1 aliphatic rings. The van der Waals surface area contributed by atoms with Crippen LogP contribution in [0, 0.1) is 6.92 Å². The first kappa shape index (κ1) is 21.3. The molecule has 1 aliphatic heterocycles. The highest BCUT2D eigenvalue weighted by atomic mass is 16.5. The number of phenols is 1. The van der Waals surface area contributed by atoms with E-state index in [1.807, 2.05) is 43.3 Å². The van der Waals surface area contributed by atoms with Crippen molar-refractivity contribution in [3.8, 4) is 17.0 Å². The standard InChI is InChI=1S/C26H27N3O4/c1-15-9-8-10-16(13-15)20-19-21(27(4)25(32)28(5)24(19)31)22-23(17-11-6-7-12-18(17)30)33-14-26(2,3)29(20)22/h6-13,23,30H,14H2,1-5H3. The molecule has 0 fully saturated rings. The molecule has 7 nitrogen and oxygen atoms in total. The van der Waals surface area contributed by atoms with Gasteiger partial charge in [0, 0.05) is 19.7 Å². The molecule has 5 rings (SSSR count). The molecule has 0 saturated carbocycles. The maximum atomic E-state index is 13.6. The highest BCUT2D eigenvalue weighted by Gasteiger charge is 2.41. The lowest BCUT2D eigenvalue weighted by atomic mass is 9.97. The lowest BCUT2D eigenvalue weighted by Crippen LogP contribution is -2.40. The van der Waals surface area contributed by atoms with E-state index in [1.54, 1.807) is 19.2 Å². The number of phenolic OH excluding ortho intramolecular Hbond substituents is 1. The Morgan fingerprint density at radius 1 is 1.03 bits per heavy atom. The Kier molecular flexibility index (Phi) is 4.65. The topological polar surface area (TPSA) is 78.4 Å². The molecule has 0 spiro atoms. The van der Waals surface area contributed by atoms with Gasteiger partial charge in [0.05, 0.1) is 34.4 Å². The van der Waals surface area contributed by atoms with E-state index in [0.29, 0.717) is 28.8 Å². The molecule has 3 heterocycles. The number of para-hydroxylation sites is 1. The Balaban J connectivity index is 2.04. The first-order chi connectivity index (χ1) is 15.6. The summed E-state index contributed by atoms with van der Waals surface area (Å²) in [5.74, 6) is 0.106. The molecule has 2 aromatic heterocycles. The van der Waals surface area contributed by atoms with E-state index in [2.05, 4.69) is 18.4 Å². The third kappa shape index (κ3) is 2.99. The summed E-state index contributed by atoms with van der Waals surface area (Å²) in [4.78, 5) is 26.6. The second-order valence-electron chi connectivity index (χ2n) is 9.43. The summed E-state index contributed by atoms with van der Waals surface area (Å²) in [5.41, 5.74) is 3.28. The fourth-order valence-corrected chi connectivity index (χ4v) is 5.01. The van der Waals surface area contributed by atoms with Crippen molar-refractivity contribution in [3.05, 3.63) is 86.2 Å². The first-order valence-corrected chi connectivity index (χ1v) is 10.9. The Hall–Kier alpha value is -3.58. The van der Waals surface area contributed by atoms with Crippen LogP contribution in [0.5, 0.6) is 5.75 Å². The van der Waals surface area contributed by atoms with Crippen LogP contribution in [0.25, 0.3) is 22.2 Å². The number of aryl methyl sites for hydroxylation is 2. The molecule has 170 valence electrons. The molecule has 0 amide bonds. The minimum absolute atomic E-state index is 0.106. The molecular formula is C26H27N3O4. The summed E-state index contributed by atoms with van der Waals surface area (Å²) >= 11 is 0. The van der Waals surface area contributed by atoms with Gasteiger partial charge in [0.1, 0.15) is 11.9 Å². The molecule has 0 radical (unpaired) electrons. The lowest BCUT2D eigenvalue weighted by Gasteiger charge is -2.39. The Labute approximate surface area is 191 Å². The average molecular weight is 446 g/mol. The van der Waals surface area contributed by atoms with Crippen molar-refractivity contribution in [2.75, 3.05) is 6.61 Å². The van der Waals surface area contributed by atoms with Gasteiger partial charge in [-0.2, -0.15) is 0 Å². The highest BCUT2D eigenvalue weighted by Crippen LogP contribution is 2.46. The van der Waals surface area contributed by atoms with E-state index >= 15 is 0 Å². The molecule has 33 heavy (non-hydrogen) atoms. The van der Waals surface area contributed by atoms with Crippen molar-refractivity contribution >= 4 is 10.9 Å². The molecule has 7 heteroatoms. The van der Waals surface area contributed by atoms with Gasteiger partial charge in [-0.05, 0) is 38.5 Å². The SMILES string of the molecule is Cc1cccc(-c2c3c(=O)n(C)c(=O)n(C)c3c3n2C(C)(C)COC3c2ccccc2O)c1. The van der Waals surface area contributed by atoms with E-state index < -0.39 is 17.3 Å². The van der Waals surface area contributed by atoms with Gasteiger partial charge < -0.3 is 14.4 Å². The Bertz CT molecular complexity index is 1540. The molecular weight excluding hydrogens is 418 g/mol. The number of hydrogen-bond acceptors (Lipinski definition) is 4. The van der Waals surface area contributed by atoms with Crippen molar-refractivity contribution in [3.63, 3.8) is 0 Å². The molecule has 1 N–H and O–H groups in total. The smallest absolute Gasteiger partial charge is 0.331 e. The van der Waals surface area contributed by atoms with Gasteiger partial charge in [-0.15, -0.1) is 0 Å². The fraction of sp³-hybridized carbons (Fsp3) is 0.308. The summed E-state index contributed by atoms with van der Waals surface area (Å²) in [6, 6.07) is 15.0. The van der Waals surface area contributed by atoms with Crippen molar-refractivity contribution in [1.29, 1.82) is 0 Å². The van der Waals surface area contributed by atoms with E-state index in [1.165, 1.54) is 11.6 Å². The summed E-state index contributed by atoms with van der Waals surface area (Å²) in [6.45, 7) is 6.49. The van der Waals surface area contributed by atoms with Crippen molar-refractivity contribution < 1.29 is 9.84 Å². The molecule has 4 aromatic rings. The van der Waals surface area contributed by atoms with Crippen molar-refractivity contribution in [2.45, 2.75) is 32.4 Å². The van der Waals surface area contributed by atoms with Crippen LogP contribution < -0.4 is 11.2 Å². The van der Waals surface area contributed by atoms with Gasteiger partial charge in [-0.1, -0.05) is 42.0 Å². The minimum Gasteiger partial charge on any atom is -0.508 e. The lowest BCUT2D eigenvalue weighted by molar-refractivity contribution is -0.00798. The second-order valence-corrected chi connectivity index (χ2v) is 9.43. The quantitative estimate of drug-likeness (QED) is 0.512. The Morgan fingerprint density at radius 2 is 1.76 bits per heavy atom. The van der Waals surface area contributed by atoms with Crippen LogP contribution in [-0.4, -0.2) is 25.4 Å². The zero-order valence-electron chi connectivity index (χ0n) is 19.4. The highest BCUT2D eigenvalue weighted by molar-refractivity contribution is 5.97. The monoisotopic (exact) mass is 445 g/mol. The van der Waals surface area contributed by atoms with Gasteiger partial charge in [0.2, 0.25) is 0 Å². The number of aromatic hydroxyl groups is 1. The van der Waals surface area contributed by atoms with Crippen LogP contribution >= 0.6 is 0 Å². The van der Waals surface area contributed by atoms with Crippen molar-refractivity contribution in [2.24, 2.45) is 14.1 Å². The second kappa shape index (κ2) is 7.22. The zero-order valence-corrected chi connectivity index (χ0v) is 19.4. The van der Waals surface area contributed by atoms with Crippen LogP contribution in [-0.2, 0) is 24.4 Å². The van der Waals surface area contributed by atoms with Gasteiger partial charge in [0.25, 0.3) is 5.56 Å². The predicted molar refractivity (Wildman–Crippen MR) is 128 cm³/mol. The van der Waals surface area contributed by atoms with E-state index in [4.69, 9.17) is 4.74 Å². The van der Waals surface area contributed by atoms with Gasteiger partial charge in [-0.25, -0.2) is 4.79 Å². The van der Waals surface area contributed by atoms with Crippen LogP contribution in [0.1, 0.15) is 36.8 Å². The molecule has 0 bridgehead atoms. The summed E-state index contributed by atoms with van der Waals surface area (Å²) in [6.07, 6.45) is -0.641. The number of ether oxygens (including phenoxy) is 1. The van der Waals surface area contributed by atoms with Crippen LogP contribution in [0.2, 0.25) is 0 Å². The maximum absolute atomic E-state index is 13.6. The third-order valence-corrected chi connectivity index (χ3v) is 6.58. The molecule has 0 aliphatic carbocycles. The van der Waals surface area contributed by atoms with Gasteiger partial charge in [-0.3, -0.25) is 13.9 Å². The zero-order chi connectivity index (χ0) is 23.7. The van der Waals surface area contributed by atoms with Crippen LogP contribution in [0.4, 0.5) is 0 Å². The van der Waals surface area contributed by atoms with Gasteiger partial charge >= 0.3 is 5.69 Å². The molecule has 1 unspecified atom stereocenters. The number of benzene rings is 2. The molecule has 2 aromatic carbocycles. The van der Waals surface area contributed by atoms with E-state index in [0.717, 1.165) is 21.4 Å². The van der Waals surface area contributed by atoms with Crippen molar-refractivity contribution in [1.82, 2.24) is 13.7 Å². The van der Waals surface area contributed by atoms with Crippen LogP contribution in [0.3, 0.4) is 0 Å². The van der Waals surface area contributed by atoms with E-state index in [9.17, 15) is 14.7 Å². The minimum atomic E-state index is -0.641. The fourth-order valence-electron chi connectivity index (χ4n) is 5.01. The summed E-state index contributed by atoms with van der Waals surface area (Å²) in [5, 5.41) is 11.1. The number of rotatable bonds is 2. The number of aromatic nitrogens is 3. The number of hydrogen-bond donors (Lipinski definition) is 1. The Morgan fingerprint density at radius 3 is 2.45 bits per heavy atom. The normalized spacial score (nSPS) is 17.3. The van der Waals surface area contributed by atoms with Crippen LogP contribution in [0.15, 0.2) is 58.1 Å². The third-order valence-electron chi connectivity index (χ3n) is 6.58. The molecule has 1 atom stereocenters. The average Bonchev–Trinajstić information content (AvgIpc) is 3.15. The predicted octanol–water partition coefficient (Wildman–Crippen LogP) is 3.57. The largest absolute Gasteiger partial charge is 0.508 e. The number of nitrogens with zero attached hydrogens (tertiary/aromatic N) is 3.